The fourth-order valence-electron chi connectivity index (χ4n) is 2.91. The predicted molar refractivity (Wildman–Crippen MR) is 78.4 cm³/mol. The molecule has 3 atom stereocenters. The molecule has 22 heavy (non-hydrogen) atoms. The maximum absolute atomic E-state index is 12.2. The van der Waals surface area contributed by atoms with Crippen LogP contribution in [0.5, 0.6) is 0 Å². The number of aryl methyl sites for hydroxylation is 1. The molecule has 0 aromatic carbocycles. The van der Waals surface area contributed by atoms with Gasteiger partial charge in [0.2, 0.25) is 5.91 Å². The van der Waals surface area contributed by atoms with E-state index in [1.807, 2.05) is 0 Å². The Balaban J connectivity index is 1.75. The Morgan fingerprint density at radius 2 is 2.09 bits per heavy atom. The van der Waals surface area contributed by atoms with Gasteiger partial charge in [-0.3, -0.25) is 9.59 Å². The molecule has 0 bridgehead atoms. The lowest BCUT2D eigenvalue weighted by atomic mass is 9.96. The third-order valence-electron chi connectivity index (χ3n) is 3.93. The second-order valence-corrected chi connectivity index (χ2v) is 7.73. The smallest absolute Gasteiger partial charge is 0.327 e. The van der Waals surface area contributed by atoms with Crippen molar-refractivity contribution >= 4 is 29.5 Å². The van der Waals surface area contributed by atoms with Crippen LogP contribution in [0, 0.1) is 6.92 Å². The summed E-state index contributed by atoms with van der Waals surface area (Å²) < 4.78 is 4.62. The normalized spacial score (nSPS) is 29.0. The summed E-state index contributed by atoms with van der Waals surface area (Å²) in [6.45, 7) is 5.30. The van der Waals surface area contributed by atoms with E-state index in [9.17, 15) is 19.5 Å². The van der Waals surface area contributed by atoms with Crippen LogP contribution in [0.15, 0.2) is 16.5 Å². The highest BCUT2D eigenvalue weighted by atomic mass is 32.2. The molecule has 118 valence electrons. The fraction of sp³-hybridized carbons (Fsp3) is 0.500. The number of hydrogen-bond acceptors (Lipinski definition) is 5. The van der Waals surface area contributed by atoms with Crippen LogP contribution in [0.25, 0.3) is 0 Å². The monoisotopic (exact) mass is 324 g/mol. The molecule has 0 radical (unpaired) electrons. The largest absolute Gasteiger partial charge is 0.480 e. The topological polar surface area (TPSA) is 99.9 Å². The number of carbonyl (C=O) groups excluding carboxylic acids is 2. The minimum absolute atomic E-state index is 0.140. The summed E-state index contributed by atoms with van der Waals surface area (Å²) in [7, 11) is 0. The zero-order chi connectivity index (χ0) is 16.2. The minimum atomic E-state index is -1.03. The number of carboxylic acid groups (broad SMARTS) is 1. The number of nitrogens with zero attached hydrogens (tertiary/aromatic N) is 1. The van der Waals surface area contributed by atoms with E-state index >= 15 is 0 Å². The van der Waals surface area contributed by atoms with Crippen LogP contribution in [0.1, 0.15) is 30.2 Å². The van der Waals surface area contributed by atoms with Crippen molar-refractivity contribution in [2.24, 2.45) is 0 Å². The number of rotatable bonds is 3. The van der Waals surface area contributed by atoms with Gasteiger partial charge < -0.3 is 19.7 Å². The standard InChI is InChI=1S/C14H16N2O5S/c1-6-4-5-7(21-6)10(17)15-8-11(18)16-9(13(19)20)14(2,3)22-12(8)16/h4-5,8-9,12H,1-3H3,(H,15,17)(H,19,20). The SMILES string of the molecule is Cc1ccc(C(=O)NC2C(=O)N3C2SC(C)(C)C3C(=O)O)o1. The van der Waals surface area contributed by atoms with Crippen molar-refractivity contribution in [1.29, 1.82) is 0 Å². The van der Waals surface area contributed by atoms with E-state index in [0.717, 1.165) is 0 Å². The van der Waals surface area contributed by atoms with Crippen LogP contribution < -0.4 is 5.32 Å². The lowest BCUT2D eigenvalue weighted by Gasteiger charge is -2.43. The maximum Gasteiger partial charge on any atom is 0.327 e. The van der Waals surface area contributed by atoms with Crippen LogP contribution in [-0.4, -0.2) is 50.0 Å². The van der Waals surface area contributed by atoms with Crippen LogP contribution in [-0.2, 0) is 9.59 Å². The lowest BCUT2D eigenvalue weighted by Crippen LogP contribution is -2.70. The number of thioether (sulfide) groups is 1. The summed E-state index contributed by atoms with van der Waals surface area (Å²) in [5.74, 6) is -1.12. The molecule has 8 heteroatoms. The first-order chi connectivity index (χ1) is 10.2. The molecule has 2 N–H and O–H groups in total. The van der Waals surface area contributed by atoms with E-state index in [1.54, 1.807) is 26.8 Å². The second-order valence-electron chi connectivity index (χ2n) is 5.96. The Kier molecular flexibility index (Phi) is 3.24. The highest BCUT2D eigenvalue weighted by molar-refractivity contribution is 8.01. The summed E-state index contributed by atoms with van der Waals surface area (Å²) >= 11 is 1.39. The van der Waals surface area contributed by atoms with Crippen molar-refractivity contribution in [3.05, 3.63) is 23.7 Å². The molecule has 2 fully saturated rings. The van der Waals surface area contributed by atoms with Gasteiger partial charge in [0.15, 0.2) is 5.76 Å². The number of furan rings is 1. The first-order valence-corrected chi connectivity index (χ1v) is 7.70. The van der Waals surface area contributed by atoms with E-state index < -0.39 is 28.7 Å². The number of amides is 2. The summed E-state index contributed by atoms with van der Waals surface area (Å²) in [6, 6.07) is 1.61. The molecule has 2 saturated heterocycles. The molecule has 0 spiro atoms. The molecule has 3 heterocycles. The van der Waals surface area contributed by atoms with E-state index in [1.165, 1.54) is 22.7 Å². The van der Waals surface area contributed by atoms with Gasteiger partial charge in [0.1, 0.15) is 23.2 Å². The van der Waals surface area contributed by atoms with Gasteiger partial charge in [0.05, 0.1) is 0 Å². The molecule has 7 nitrogen and oxygen atoms in total. The summed E-state index contributed by atoms with van der Waals surface area (Å²) in [4.78, 5) is 37.0. The quantitative estimate of drug-likeness (QED) is 0.799. The zero-order valence-corrected chi connectivity index (χ0v) is 13.1. The average Bonchev–Trinajstić information content (AvgIpc) is 2.95. The van der Waals surface area contributed by atoms with Gasteiger partial charge in [-0.2, -0.15) is 0 Å². The van der Waals surface area contributed by atoms with Crippen molar-refractivity contribution in [3.63, 3.8) is 0 Å². The average molecular weight is 324 g/mol. The van der Waals surface area contributed by atoms with Gasteiger partial charge >= 0.3 is 5.97 Å². The molecule has 3 rings (SSSR count). The third kappa shape index (κ3) is 2.09. The van der Waals surface area contributed by atoms with Crippen molar-refractivity contribution in [2.45, 2.75) is 43.0 Å². The van der Waals surface area contributed by atoms with Crippen molar-refractivity contribution in [1.82, 2.24) is 10.2 Å². The summed E-state index contributed by atoms with van der Waals surface area (Å²) in [6.07, 6.45) is 0. The van der Waals surface area contributed by atoms with Crippen LogP contribution in [0.2, 0.25) is 0 Å². The van der Waals surface area contributed by atoms with Crippen LogP contribution in [0.4, 0.5) is 0 Å². The number of nitrogens with one attached hydrogen (secondary N) is 1. The highest BCUT2D eigenvalue weighted by Crippen LogP contribution is 2.50. The number of fused-ring (bicyclic) bond motifs is 1. The molecule has 1 aromatic heterocycles. The molecule has 3 unspecified atom stereocenters. The van der Waals surface area contributed by atoms with Crippen molar-refractivity contribution < 1.29 is 23.9 Å². The molecule has 2 aliphatic rings. The van der Waals surface area contributed by atoms with E-state index in [4.69, 9.17) is 4.42 Å². The maximum atomic E-state index is 12.2. The Labute approximate surface area is 131 Å². The van der Waals surface area contributed by atoms with Crippen LogP contribution in [0.3, 0.4) is 0 Å². The van der Waals surface area contributed by atoms with Gasteiger partial charge in [0.25, 0.3) is 5.91 Å². The van der Waals surface area contributed by atoms with E-state index in [0.29, 0.717) is 5.76 Å². The lowest BCUT2D eigenvalue weighted by molar-refractivity contribution is -0.159. The second kappa shape index (κ2) is 4.77. The van der Waals surface area contributed by atoms with Crippen molar-refractivity contribution in [3.8, 4) is 0 Å². The number of β-lactam (4-membered cyclic amide) rings is 1. The first kappa shape index (κ1) is 15.0. The number of carbonyl (C=O) groups is 3. The zero-order valence-electron chi connectivity index (χ0n) is 12.3. The molecule has 0 aliphatic carbocycles. The summed E-state index contributed by atoms with van der Waals surface area (Å²) in [5.41, 5.74) is 0. The Morgan fingerprint density at radius 1 is 1.41 bits per heavy atom. The molecular formula is C14H16N2O5S. The van der Waals surface area contributed by atoms with Gasteiger partial charge in [0, 0.05) is 4.75 Å². The van der Waals surface area contributed by atoms with Gasteiger partial charge in [-0.05, 0) is 32.9 Å². The highest BCUT2D eigenvalue weighted by Gasteiger charge is 2.64. The van der Waals surface area contributed by atoms with Gasteiger partial charge in [-0.1, -0.05) is 0 Å². The Hall–Kier alpha value is -1.96. The molecule has 2 aliphatic heterocycles. The van der Waals surface area contributed by atoms with Crippen molar-refractivity contribution in [2.75, 3.05) is 0 Å². The third-order valence-corrected chi connectivity index (χ3v) is 5.50. The van der Waals surface area contributed by atoms with Gasteiger partial charge in [-0.15, -0.1) is 11.8 Å². The van der Waals surface area contributed by atoms with Gasteiger partial charge in [-0.25, -0.2) is 4.79 Å². The number of aliphatic carboxylic acids is 1. The summed E-state index contributed by atoms with van der Waals surface area (Å²) in [5, 5.41) is 11.6. The Bertz CT molecular complexity index is 668. The minimum Gasteiger partial charge on any atom is -0.480 e. The predicted octanol–water partition coefficient (Wildman–Crippen LogP) is 0.833. The van der Waals surface area contributed by atoms with Crippen LogP contribution >= 0.6 is 11.8 Å². The first-order valence-electron chi connectivity index (χ1n) is 6.82. The molecule has 0 saturated carbocycles. The fourth-order valence-corrected chi connectivity index (χ4v) is 4.54. The number of hydrogen-bond donors (Lipinski definition) is 2. The molecule has 2 amide bonds. The number of carboxylic acids is 1. The Morgan fingerprint density at radius 3 is 2.64 bits per heavy atom. The molecule has 1 aromatic rings. The van der Waals surface area contributed by atoms with E-state index in [-0.39, 0.29) is 17.0 Å². The molecular weight excluding hydrogens is 308 g/mol. The van der Waals surface area contributed by atoms with E-state index in [2.05, 4.69) is 5.32 Å².